The van der Waals surface area contributed by atoms with Gasteiger partial charge in [-0.1, -0.05) is 0 Å². The van der Waals surface area contributed by atoms with Crippen LogP contribution in [0.3, 0.4) is 0 Å². The lowest BCUT2D eigenvalue weighted by atomic mass is 9.62. The van der Waals surface area contributed by atoms with E-state index in [1.54, 1.807) is 9.47 Å². The molecule has 2 aromatic rings. The summed E-state index contributed by atoms with van der Waals surface area (Å²) in [5, 5.41) is 20.0. The molecular weight excluding hydrogens is 381 g/mol. The van der Waals surface area contributed by atoms with Gasteiger partial charge in [0.2, 0.25) is 5.43 Å². The minimum Gasteiger partial charge on any atom is -0.492 e. The number of methoxy groups -OCH3 is 1. The van der Waals surface area contributed by atoms with Crippen LogP contribution in [0.15, 0.2) is 17.1 Å². The summed E-state index contributed by atoms with van der Waals surface area (Å²) in [7, 11) is 1.39. The highest BCUT2D eigenvalue weighted by molar-refractivity contribution is 5.97. The molecule has 29 heavy (non-hydrogen) atoms. The molecule has 0 unspecified atom stereocenters. The second-order valence-corrected chi connectivity index (χ2v) is 8.75. The largest absolute Gasteiger partial charge is 0.492 e. The molecule has 1 aromatic carbocycles. The number of aliphatic hydroxyl groups is 1. The van der Waals surface area contributed by atoms with Gasteiger partial charge in [-0.05, 0) is 31.7 Å². The zero-order valence-corrected chi connectivity index (χ0v) is 15.9. The summed E-state index contributed by atoms with van der Waals surface area (Å²) in [5.41, 5.74) is 4.10. The molecule has 0 atom stereocenters. The topological polar surface area (TPSA) is 118 Å². The number of hydrogen-bond acceptors (Lipinski definition) is 6. The molecular formula is C20H22FN3O5. The predicted octanol–water partition coefficient (Wildman–Crippen LogP) is 1.22. The second kappa shape index (κ2) is 5.70. The molecule has 154 valence electrons. The molecule has 4 aliphatic rings. The number of ether oxygens (including phenoxy) is 1. The number of aromatic nitrogens is 1. The smallest absolute Gasteiger partial charge is 0.341 e. The van der Waals surface area contributed by atoms with Crippen molar-refractivity contribution in [3.8, 4) is 5.75 Å². The molecule has 2 aliphatic heterocycles. The number of nitrogens with zero attached hydrogens (tertiary/aromatic N) is 2. The van der Waals surface area contributed by atoms with E-state index in [1.807, 2.05) is 0 Å². The van der Waals surface area contributed by atoms with Crippen molar-refractivity contribution in [2.75, 3.05) is 25.1 Å². The number of pyridine rings is 1. The van der Waals surface area contributed by atoms with Gasteiger partial charge in [0, 0.05) is 30.9 Å². The Hall–Kier alpha value is -2.65. The Morgan fingerprint density at radius 3 is 2.59 bits per heavy atom. The SMILES string of the molecule is COc1c(N2CC3(N)CC(O)(C2)C3)c(F)cc2c(=O)c(C(=O)O)cn(C3CC3)c12. The van der Waals surface area contributed by atoms with Crippen LogP contribution >= 0.6 is 0 Å². The summed E-state index contributed by atoms with van der Waals surface area (Å²) < 4.78 is 22.5. The van der Waals surface area contributed by atoms with Crippen molar-refractivity contribution < 1.29 is 24.1 Å². The lowest BCUT2D eigenvalue weighted by molar-refractivity contribution is -0.0976. The Bertz CT molecular complexity index is 1100. The van der Waals surface area contributed by atoms with Gasteiger partial charge in [0.1, 0.15) is 11.3 Å². The fourth-order valence-corrected chi connectivity index (χ4v) is 5.16. The number of halogens is 1. The lowest BCUT2D eigenvalue weighted by Gasteiger charge is -2.60. The average molecular weight is 403 g/mol. The summed E-state index contributed by atoms with van der Waals surface area (Å²) in [6.07, 6.45) is 3.91. The average Bonchev–Trinajstić information content (AvgIpc) is 3.44. The summed E-state index contributed by atoms with van der Waals surface area (Å²) in [6.45, 7) is 0.570. The highest BCUT2D eigenvalue weighted by Crippen LogP contribution is 2.50. The molecule has 4 fully saturated rings. The van der Waals surface area contributed by atoms with E-state index in [2.05, 4.69) is 0 Å². The standard InChI is InChI=1S/C20H22FN3O5/c1-29-17-14-11(16(25)12(18(26)27)5-24(14)10-2-3-10)4-13(21)15(17)23-8-19(22)6-20(28,7-19)9-23/h4-5,10,28H,2-3,6-9,22H2,1H3,(H,26,27). The van der Waals surface area contributed by atoms with Crippen molar-refractivity contribution in [1.82, 2.24) is 4.57 Å². The summed E-state index contributed by atoms with van der Waals surface area (Å²) >= 11 is 0. The number of anilines is 1. The first-order chi connectivity index (χ1) is 13.6. The second-order valence-electron chi connectivity index (χ2n) is 8.75. The number of carboxylic acids is 1. The molecule has 2 saturated heterocycles. The maximum absolute atomic E-state index is 15.3. The van der Waals surface area contributed by atoms with Gasteiger partial charge in [-0.25, -0.2) is 9.18 Å². The van der Waals surface area contributed by atoms with Crippen LogP contribution in [0.25, 0.3) is 10.9 Å². The van der Waals surface area contributed by atoms with E-state index in [-0.39, 0.29) is 29.4 Å². The van der Waals surface area contributed by atoms with Crippen molar-refractivity contribution in [3.05, 3.63) is 33.9 Å². The molecule has 3 heterocycles. The molecule has 0 amide bonds. The number of aromatic carboxylic acids is 1. The maximum Gasteiger partial charge on any atom is 0.341 e. The monoisotopic (exact) mass is 403 g/mol. The molecule has 8 nitrogen and oxygen atoms in total. The number of carbonyl (C=O) groups is 1. The minimum atomic E-state index is -1.35. The number of carboxylic acid groups (broad SMARTS) is 1. The molecule has 2 bridgehead atoms. The van der Waals surface area contributed by atoms with Crippen molar-refractivity contribution in [1.29, 1.82) is 0 Å². The van der Waals surface area contributed by atoms with E-state index >= 15 is 4.39 Å². The highest BCUT2D eigenvalue weighted by Gasteiger charge is 2.57. The summed E-state index contributed by atoms with van der Waals surface area (Å²) in [6, 6.07) is 1.11. The van der Waals surface area contributed by atoms with Crippen LogP contribution in [0.4, 0.5) is 10.1 Å². The number of rotatable bonds is 4. The van der Waals surface area contributed by atoms with E-state index in [1.165, 1.54) is 13.3 Å². The third-order valence-corrected chi connectivity index (χ3v) is 6.24. The first-order valence-corrected chi connectivity index (χ1v) is 9.60. The van der Waals surface area contributed by atoms with Crippen molar-refractivity contribution in [2.24, 2.45) is 5.73 Å². The third kappa shape index (κ3) is 2.64. The van der Waals surface area contributed by atoms with Gasteiger partial charge in [0.05, 0.1) is 23.6 Å². The van der Waals surface area contributed by atoms with Gasteiger partial charge in [0.15, 0.2) is 11.6 Å². The van der Waals surface area contributed by atoms with E-state index in [9.17, 15) is 19.8 Å². The molecule has 4 N–H and O–H groups in total. The Kier molecular flexibility index (Phi) is 3.61. The molecule has 2 aliphatic carbocycles. The van der Waals surface area contributed by atoms with Gasteiger partial charge in [-0.3, -0.25) is 4.79 Å². The molecule has 2 saturated carbocycles. The van der Waals surface area contributed by atoms with Gasteiger partial charge < -0.3 is 30.2 Å². The number of nitrogens with two attached hydrogens (primary N) is 1. The van der Waals surface area contributed by atoms with E-state index in [4.69, 9.17) is 10.5 Å². The minimum absolute atomic E-state index is 0.0294. The van der Waals surface area contributed by atoms with Crippen LogP contribution in [0.2, 0.25) is 0 Å². The van der Waals surface area contributed by atoms with Gasteiger partial charge >= 0.3 is 5.97 Å². The van der Waals surface area contributed by atoms with Crippen molar-refractivity contribution >= 4 is 22.6 Å². The fourth-order valence-electron chi connectivity index (χ4n) is 5.16. The first kappa shape index (κ1) is 18.4. The van der Waals surface area contributed by atoms with Crippen LogP contribution < -0.4 is 20.8 Å². The third-order valence-electron chi connectivity index (χ3n) is 6.24. The highest BCUT2D eigenvalue weighted by atomic mass is 19.1. The maximum atomic E-state index is 15.3. The molecule has 0 radical (unpaired) electrons. The van der Waals surface area contributed by atoms with Crippen LogP contribution in [0.1, 0.15) is 42.1 Å². The van der Waals surface area contributed by atoms with Crippen LogP contribution in [0, 0.1) is 5.82 Å². The van der Waals surface area contributed by atoms with E-state index in [0.717, 1.165) is 18.9 Å². The van der Waals surface area contributed by atoms with Crippen molar-refractivity contribution in [3.63, 3.8) is 0 Å². The number of piperidine rings is 2. The van der Waals surface area contributed by atoms with Crippen molar-refractivity contribution in [2.45, 2.75) is 42.9 Å². The van der Waals surface area contributed by atoms with Gasteiger partial charge in [-0.15, -0.1) is 0 Å². The number of fused-ring (bicyclic) bond motifs is 3. The molecule has 1 aromatic heterocycles. The normalized spacial score (nSPS) is 28.3. The summed E-state index contributed by atoms with van der Waals surface area (Å²) in [4.78, 5) is 26.0. The van der Waals surface area contributed by atoms with Crippen LogP contribution in [0.5, 0.6) is 5.75 Å². The number of hydrogen-bond donors (Lipinski definition) is 3. The van der Waals surface area contributed by atoms with E-state index in [0.29, 0.717) is 24.9 Å². The fraction of sp³-hybridized carbons (Fsp3) is 0.500. The van der Waals surface area contributed by atoms with Crippen LogP contribution in [-0.2, 0) is 0 Å². The quantitative estimate of drug-likeness (QED) is 0.703. The summed E-state index contributed by atoms with van der Waals surface area (Å²) in [5.74, 6) is -1.89. The first-order valence-electron chi connectivity index (χ1n) is 9.60. The zero-order chi connectivity index (χ0) is 20.7. The lowest BCUT2D eigenvalue weighted by Crippen LogP contribution is -2.75. The Labute approximate surface area is 165 Å². The Balaban J connectivity index is 1.78. The van der Waals surface area contributed by atoms with E-state index < -0.39 is 33.9 Å². The predicted molar refractivity (Wildman–Crippen MR) is 103 cm³/mol. The Morgan fingerprint density at radius 2 is 2.03 bits per heavy atom. The molecule has 9 heteroatoms. The number of benzene rings is 1. The van der Waals surface area contributed by atoms with Crippen LogP contribution in [-0.4, -0.2) is 52.1 Å². The zero-order valence-electron chi connectivity index (χ0n) is 15.9. The van der Waals surface area contributed by atoms with Gasteiger partial charge in [-0.2, -0.15) is 0 Å². The molecule has 0 spiro atoms. The van der Waals surface area contributed by atoms with Gasteiger partial charge in [0.25, 0.3) is 0 Å². The Morgan fingerprint density at radius 1 is 1.34 bits per heavy atom. The molecule has 6 rings (SSSR count).